The summed E-state index contributed by atoms with van der Waals surface area (Å²) in [5.74, 6) is -0.226. The number of aromatic nitrogens is 2. The van der Waals surface area contributed by atoms with Gasteiger partial charge in [0.15, 0.2) is 6.23 Å². The molecule has 4 heteroatoms. The van der Waals surface area contributed by atoms with Crippen LogP contribution < -0.4 is 0 Å². The van der Waals surface area contributed by atoms with Crippen LogP contribution in [0.5, 0.6) is 0 Å². The first-order valence-corrected chi connectivity index (χ1v) is 6.68. The van der Waals surface area contributed by atoms with Gasteiger partial charge in [0.25, 0.3) is 0 Å². The molecule has 19 heavy (non-hydrogen) atoms. The summed E-state index contributed by atoms with van der Waals surface area (Å²) in [5, 5.41) is 4.86. The molecule has 1 aromatic carbocycles. The second-order valence-corrected chi connectivity index (χ2v) is 4.91. The van der Waals surface area contributed by atoms with Crippen LogP contribution >= 0.6 is 0 Å². The van der Waals surface area contributed by atoms with Crippen molar-refractivity contribution in [2.24, 2.45) is 0 Å². The molecule has 3 nitrogen and oxygen atoms in total. The van der Waals surface area contributed by atoms with Crippen LogP contribution in [0.15, 0.2) is 31.0 Å². The molecule has 1 unspecified atom stereocenters. The molecule has 0 saturated carbocycles. The van der Waals surface area contributed by atoms with Crippen molar-refractivity contribution in [3.63, 3.8) is 0 Å². The number of nitrogens with zero attached hydrogens (tertiary/aromatic N) is 2. The van der Waals surface area contributed by atoms with E-state index in [1.807, 2.05) is 10.7 Å². The van der Waals surface area contributed by atoms with E-state index in [0.717, 1.165) is 36.9 Å². The quantitative estimate of drug-likeness (QED) is 0.788. The highest BCUT2D eigenvalue weighted by molar-refractivity contribution is 5.80. The van der Waals surface area contributed by atoms with Crippen LogP contribution in [0, 0.1) is 5.82 Å². The minimum atomic E-state index is -0.226. The van der Waals surface area contributed by atoms with Crippen LogP contribution in [0.25, 0.3) is 10.9 Å². The zero-order valence-corrected chi connectivity index (χ0v) is 10.8. The molecule has 1 aliphatic heterocycles. The van der Waals surface area contributed by atoms with Gasteiger partial charge in [-0.25, -0.2) is 9.07 Å². The van der Waals surface area contributed by atoms with Crippen molar-refractivity contribution in [1.29, 1.82) is 0 Å². The van der Waals surface area contributed by atoms with Gasteiger partial charge in [-0.3, -0.25) is 0 Å². The Kier molecular flexibility index (Phi) is 3.34. The minimum Gasteiger partial charge on any atom is -0.356 e. The fraction of sp³-hybridized carbons (Fsp3) is 0.400. The van der Waals surface area contributed by atoms with Gasteiger partial charge in [-0.2, -0.15) is 5.10 Å². The van der Waals surface area contributed by atoms with Crippen molar-refractivity contribution in [2.45, 2.75) is 31.9 Å². The zero-order chi connectivity index (χ0) is 13.2. The standard InChI is InChI=1S/C15H17FN2O/c1-2-5-11-8-13(16)12-10-17-18(14(12)9-11)15-6-3-4-7-19-15/h2,8-10,15H,1,3-7H2. The average Bonchev–Trinajstić information content (AvgIpc) is 2.84. The van der Waals surface area contributed by atoms with Gasteiger partial charge in [-0.05, 0) is 43.4 Å². The molecule has 3 rings (SSSR count). The molecule has 1 aromatic heterocycles. The third kappa shape index (κ3) is 2.28. The molecule has 1 atom stereocenters. The Labute approximate surface area is 111 Å². The number of hydrogen-bond donors (Lipinski definition) is 0. The number of ether oxygens (including phenoxy) is 1. The Morgan fingerprint density at radius 1 is 1.47 bits per heavy atom. The Bertz CT molecular complexity index is 599. The maximum Gasteiger partial charge on any atom is 0.150 e. The summed E-state index contributed by atoms with van der Waals surface area (Å²) in [6.45, 7) is 4.45. The summed E-state index contributed by atoms with van der Waals surface area (Å²) in [6, 6.07) is 3.53. The summed E-state index contributed by atoms with van der Waals surface area (Å²) in [4.78, 5) is 0. The SMILES string of the molecule is C=CCc1cc(F)c2cnn(C3CCCCO3)c2c1. The smallest absolute Gasteiger partial charge is 0.150 e. The Balaban J connectivity index is 2.06. The van der Waals surface area contributed by atoms with E-state index in [2.05, 4.69) is 11.7 Å². The number of rotatable bonds is 3. The molecule has 0 amide bonds. The van der Waals surface area contributed by atoms with Crippen LogP contribution in [-0.2, 0) is 11.2 Å². The largest absolute Gasteiger partial charge is 0.356 e. The average molecular weight is 260 g/mol. The molecular weight excluding hydrogens is 243 g/mol. The highest BCUT2D eigenvalue weighted by Gasteiger charge is 2.19. The van der Waals surface area contributed by atoms with Crippen LogP contribution in [0.4, 0.5) is 4.39 Å². The number of allylic oxidation sites excluding steroid dienone is 1. The van der Waals surface area contributed by atoms with Gasteiger partial charge >= 0.3 is 0 Å². The lowest BCUT2D eigenvalue weighted by molar-refractivity contribution is -0.0366. The lowest BCUT2D eigenvalue weighted by atomic mass is 10.1. The van der Waals surface area contributed by atoms with E-state index in [9.17, 15) is 4.39 Å². The number of benzene rings is 1. The topological polar surface area (TPSA) is 27.1 Å². The van der Waals surface area contributed by atoms with Crippen molar-refractivity contribution < 1.29 is 9.13 Å². The predicted octanol–water partition coefficient (Wildman–Crippen LogP) is 3.60. The highest BCUT2D eigenvalue weighted by atomic mass is 19.1. The third-order valence-corrected chi connectivity index (χ3v) is 3.53. The van der Waals surface area contributed by atoms with Crippen molar-refractivity contribution in [1.82, 2.24) is 9.78 Å². The number of hydrogen-bond acceptors (Lipinski definition) is 2. The molecule has 0 aliphatic carbocycles. The summed E-state index contributed by atoms with van der Waals surface area (Å²) in [7, 11) is 0. The van der Waals surface area contributed by atoms with E-state index in [-0.39, 0.29) is 12.0 Å². The molecule has 1 aliphatic rings. The van der Waals surface area contributed by atoms with E-state index >= 15 is 0 Å². The second-order valence-electron chi connectivity index (χ2n) is 4.91. The molecule has 1 fully saturated rings. The monoisotopic (exact) mass is 260 g/mol. The molecule has 0 spiro atoms. The lowest BCUT2D eigenvalue weighted by Crippen LogP contribution is -2.19. The molecular formula is C15H17FN2O. The summed E-state index contributed by atoms with van der Waals surface area (Å²) in [6.07, 6.45) is 7.10. The molecule has 0 N–H and O–H groups in total. The Morgan fingerprint density at radius 2 is 2.37 bits per heavy atom. The maximum atomic E-state index is 14.0. The molecule has 0 bridgehead atoms. The highest BCUT2D eigenvalue weighted by Crippen LogP contribution is 2.28. The van der Waals surface area contributed by atoms with Gasteiger partial charge in [0, 0.05) is 6.61 Å². The van der Waals surface area contributed by atoms with Gasteiger partial charge in [-0.1, -0.05) is 6.08 Å². The number of halogens is 1. The van der Waals surface area contributed by atoms with E-state index in [0.29, 0.717) is 11.8 Å². The normalized spacial score (nSPS) is 19.7. The van der Waals surface area contributed by atoms with E-state index in [4.69, 9.17) is 4.74 Å². The van der Waals surface area contributed by atoms with Crippen LogP contribution in [0.1, 0.15) is 31.1 Å². The maximum absolute atomic E-state index is 14.0. The first-order chi connectivity index (χ1) is 9.29. The third-order valence-electron chi connectivity index (χ3n) is 3.53. The molecule has 1 saturated heterocycles. The van der Waals surface area contributed by atoms with Gasteiger partial charge in [0.2, 0.25) is 0 Å². The van der Waals surface area contributed by atoms with Crippen molar-refractivity contribution in [3.05, 3.63) is 42.4 Å². The van der Waals surface area contributed by atoms with Crippen molar-refractivity contribution >= 4 is 10.9 Å². The second kappa shape index (κ2) is 5.13. The van der Waals surface area contributed by atoms with Gasteiger partial charge in [0.1, 0.15) is 5.82 Å². The van der Waals surface area contributed by atoms with Gasteiger partial charge in [-0.15, -0.1) is 6.58 Å². The molecule has 100 valence electrons. The lowest BCUT2D eigenvalue weighted by Gasteiger charge is -2.23. The fourth-order valence-corrected chi connectivity index (χ4v) is 2.59. The first kappa shape index (κ1) is 12.4. The number of fused-ring (bicyclic) bond motifs is 1. The predicted molar refractivity (Wildman–Crippen MR) is 72.4 cm³/mol. The van der Waals surface area contributed by atoms with E-state index < -0.39 is 0 Å². The van der Waals surface area contributed by atoms with Gasteiger partial charge < -0.3 is 4.74 Å². The van der Waals surface area contributed by atoms with Gasteiger partial charge in [0.05, 0.1) is 17.1 Å². The van der Waals surface area contributed by atoms with E-state index in [1.54, 1.807) is 18.3 Å². The molecule has 0 radical (unpaired) electrons. The molecule has 2 aromatic rings. The fourth-order valence-electron chi connectivity index (χ4n) is 2.59. The van der Waals surface area contributed by atoms with E-state index in [1.165, 1.54) is 0 Å². The minimum absolute atomic E-state index is 0.0652. The van der Waals surface area contributed by atoms with Crippen molar-refractivity contribution in [3.8, 4) is 0 Å². The van der Waals surface area contributed by atoms with Crippen LogP contribution in [-0.4, -0.2) is 16.4 Å². The molecule has 2 heterocycles. The zero-order valence-electron chi connectivity index (χ0n) is 10.8. The summed E-state index contributed by atoms with van der Waals surface area (Å²) in [5.41, 5.74) is 1.72. The Hall–Kier alpha value is -1.68. The van der Waals surface area contributed by atoms with Crippen molar-refractivity contribution in [2.75, 3.05) is 6.61 Å². The summed E-state index contributed by atoms with van der Waals surface area (Å²) >= 11 is 0. The van der Waals surface area contributed by atoms with Crippen LogP contribution in [0.2, 0.25) is 0 Å². The first-order valence-electron chi connectivity index (χ1n) is 6.68. The summed E-state index contributed by atoms with van der Waals surface area (Å²) < 4.78 is 21.6. The Morgan fingerprint density at radius 3 is 3.11 bits per heavy atom. The van der Waals surface area contributed by atoms with Crippen LogP contribution in [0.3, 0.4) is 0 Å².